The van der Waals surface area contributed by atoms with Crippen LogP contribution in [0.4, 0.5) is 0 Å². The van der Waals surface area contributed by atoms with E-state index in [1.165, 1.54) is 16.7 Å². The van der Waals surface area contributed by atoms with Crippen molar-refractivity contribution in [2.75, 3.05) is 13.6 Å². The molecule has 1 aromatic carbocycles. The summed E-state index contributed by atoms with van der Waals surface area (Å²) in [5.41, 5.74) is 4.13. The van der Waals surface area contributed by atoms with Gasteiger partial charge in [0, 0.05) is 18.1 Å². The molecule has 0 aliphatic carbocycles. The Morgan fingerprint density at radius 1 is 1.24 bits per heavy atom. The Balaban J connectivity index is 0.000000686. The van der Waals surface area contributed by atoms with Crippen LogP contribution in [0.5, 0.6) is 0 Å². The lowest BCUT2D eigenvalue weighted by atomic mass is 9.93. The van der Waals surface area contributed by atoms with Crippen molar-refractivity contribution in [2.24, 2.45) is 0 Å². The summed E-state index contributed by atoms with van der Waals surface area (Å²) in [5, 5.41) is 0.962. The summed E-state index contributed by atoms with van der Waals surface area (Å²) < 4.78 is 0. The van der Waals surface area contributed by atoms with E-state index in [1.54, 1.807) is 0 Å². The summed E-state index contributed by atoms with van der Waals surface area (Å²) >= 11 is 6.32. The number of nitrogens with zero attached hydrogens (tertiary/aromatic N) is 1. The molecule has 0 radical (unpaired) electrons. The van der Waals surface area contributed by atoms with Crippen LogP contribution in [0.2, 0.25) is 5.02 Å². The molecule has 0 unspecified atom stereocenters. The number of halogens is 1. The molecule has 96 valence electrons. The van der Waals surface area contributed by atoms with Crippen LogP contribution in [0.15, 0.2) is 12.1 Å². The highest BCUT2D eigenvalue weighted by atomic mass is 35.5. The van der Waals surface area contributed by atoms with Gasteiger partial charge in [0.05, 0.1) is 0 Å². The highest BCUT2D eigenvalue weighted by Crippen LogP contribution is 2.30. The SMILES string of the molecule is CC.CC(C)c1cc(Cl)c2c(c1)CN(C)CC2. The van der Waals surface area contributed by atoms with Crippen molar-refractivity contribution in [3.63, 3.8) is 0 Å². The first-order chi connectivity index (χ1) is 8.08. The number of fused-ring (bicyclic) bond motifs is 1. The van der Waals surface area contributed by atoms with Crippen LogP contribution < -0.4 is 0 Å². The zero-order chi connectivity index (χ0) is 13.0. The lowest BCUT2D eigenvalue weighted by Gasteiger charge is -2.26. The fourth-order valence-corrected chi connectivity index (χ4v) is 2.49. The minimum atomic E-state index is 0.556. The molecular formula is C15H24ClN. The Morgan fingerprint density at radius 2 is 1.88 bits per heavy atom. The Kier molecular flexibility index (Phi) is 5.48. The molecule has 2 rings (SSSR count). The third-order valence-electron chi connectivity index (χ3n) is 3.16. The third kappa shape index (κ3) is 3.46. The number of benzene rings is 1. The van der Waals surface area contributed by atoms with Gasteiger partial charge in [-0.25, -0.2) is 0 Å². The number of likely N-dealkylation sites (N-methyl/N-ethyl adjacent to an activating group) is 1. The summed E-state index contributed by atoms with van der Waals surface area (Å²) in [6.45, 7) is 10.6. The first kappa shape index (κ1) is 14.5. The summed E-state index contributed by atoms with van der Waals surface area (Å²) in [6, 6.07) is 4.46. The standard InChI is InChI=1S/C13H18ClN.C2H6/c1-9(2)10-6-11-8-15(3)5-4-12(11)13(14)7-10;1-2/h6-7,9H,4-5,8H2,1-3H3;1-2H3. The van der Waals surface area contributed by atoms with E-state index in [0.29, 0.717) is 5.92 Å². The van der Waals surface area contributed by atoms with Crippen molar-refractivity contribution in [1.82, 2.24) is 4.90 Å². The van der Waals surface area contributed by atoms with Gasteiger partial charge >= 0.3 is 0 Å². The monoisotopic (exact) mass is 253 g/mol. The van der Waals surface area contributed by atoms with Crippen LogP contribution in [-0.2, 0) is 13.0 Å². The molecule has 0 spiro atoms. The van der Waals surface area contributed by atoms with E-state index < -0.39 is 0 Å². The van der Waals surface area contributed by atoms with Gasteiger partial charge in [-0.05, 0) is 42.1 Å². The van der Waals surface area contributed by atoms with Gasteiger partial charge < -0.3 is 4.90 Å². The van der Waals surface area contributed by atoms with Crippen molar-refractivity contribution in [3.05, 3.63) is 33.8 Å². The summed E-state index contributed by atoms with van der Waals surface area (Å²) in [5.74, 6) is 0.556. The second-order valence-electron chi connectivity index (χ2n) is 4.78. The lowest BCUT2D eigenvalue weighted by molar-refractivity contribution is 0.313. The normalized spacial score (nSPS) is 15.2. The Morgan fingerprint density at radius 3 is 2.47 bits per heavy atom. The first-order valence-electron chi connectivity index (χ1n) is 6.57. The van der Waals surface area contributed by atoms with Gasteiger partial charge in [-0.3, -0.25) is 0 Å². The van der Waals surface area contributed by atoms with Crippen LogP contribution in [0, 0.1) is 0 Å². The molecule has 0 N–H and O–H groups in total. The van der Waals surface area contributed by atoms with Crippen LogP contribution in [0.25, 0.3) is 0 Å². The van der Waals surface area contributed by atoms with Crippen molar-refractivity contribution < 1.29 is 0 Å². The minimum Gasteiger partial charge on any atom is -0.302 e. The predicted molar refractivity (Wildman–Crippen MR) is 76.9 cm³/mol. The van der Waals surface area contributed by atoms with Gasteiger partial charge in [-0.15, -0.1) is 0 Å². The maximum Gasteiger partial charge on any atom is 0.0444 e. The quantitative estimate of drug-likeness (QED) is 0.714. The number of hydrogen-bond donors (Lipinski definition) is 0. The van der Waals surface area contributed by atoms with Gasteiger partial charge in [0.2, 0.25) is 0 Å². The van der Waals surface area contributed by atoms with Crippen molar-refractivity contribution in [2.45, 2.75) is 46.6 Å². The van der Waals surface area contributed by atoms with Crippen LogP contribution in [0.1, 0.15) is 50.3 Å². The highest BCUT2D eigenvalue weighted by Gasteiger charge is 2.17. The zero-order valence-electron chi connectivity index (χ0n) is 11.7. The number of hydrogen-bond acceptors (Lipinski definition) is 1. The maximum absolute atomic E-state index is 6.32. The van der Waals surface area contributed by atoms with E-state index in [2.05, 4.69) is 37.9 Å². The summed E-state index contributed by atoms with van der Waals surface area (Å²) in [4.78, 5) is 2.35. The molecule has 0 atom stereocenters. The highest BCUT2D eigenvalue weighted by molar-refractivity contribution is 6.31. The van der Waals surface area contributed by atoms with E-state index in [-0.39, 0.29) is 0 Å². The average molecular weight is 254 g/mol. The van der Waals surface area contributed by atoms with Crippen molar-refractivity contribution >= 4 is 11.6 Å². The second kappa shape index (κ2) is 6.42. The zero-order valence-corrected chi connectivity index (χ0v) is 12.4. The van der Waals surface area contributed by atoms with Gasteiger partial charge in [0.1, 0.15) is 0 Å². The minimum absolute atomic E-state index is 0.556. The summed E-state index contributed by atoms with van der Waals surface area (Å²) in [7, 11) is 2.17. The molecular weight excluding hydrogens is 230 g/mol. The van der Waals surface area contributed by atoms with E-state index in [0.717, 1.165) is 24.5 Å². The smallest absolute Gasteiger partial charge is 0.0444 e. The van der Waals surface area contributed by atoms with Crippen LogP contribution >= 0.6 is 11.6 Å². The van der Waals surface area contributed by atoms with E-state index >= 15 is 0 Å². The first-order valence-corrected chi connectivity index (χ1v) is 6.95. The molecule has 17 heavy (non-hydrogen) atoms. The van der Waals surface area contributed by atoms with Crippen molar-refractivity contribution in [1.29, 1.82) is 0 Å². The second-order valence-corrected chi connectivity index (χ2v) is 5.19. The van der Waals surface area contributed by atoms with E-state index in [4.69, 9.17) is 11.6 Å². The Bertz CT molecular complexity index is 371. The molecule has 0 saturated carbocycles. The molecule has 1 nitrogen and oxygen atoms in total. The summed E-state index contributed by atoms with van der Waals surface area (Å²) in [6.07, 6.45) is 1.09. The molecule has 1 aliphatic rings. The molecule has 0 amide bonds. The predicted octanol–water partition coefficient (Wildman–Crippen LogP) is 4.48. The fraction of sp³-hybridized carbons (Fsp3) is 0.600. The van der Waals surface area contributed by atoms with Gasteiger partial charge in [0.15, 0.2) is 0 Å². The van der Waals surface area contributed by atoms with Crippen molar-refractivity contribution in [3.8, 4) is 0 Å². The third-order valence-corrected chi connectivity index (χ3v) is 3.50. The van der Waals surface area contributed by atoms with Crippen LogP contribution in [0.3, 0.4) is 0 Å². The molecule has 0 bridgehead atoms. The van der Waals surface area contributed by atoms with Gasteiger partial charge in [-0.1, -0.05) is 45.4 Å². The van der Waals surface area contributed by atoms with E-state index in [1.807, 2.05) is 13.8 Å². The lowest BCUT2D eigenvalue weighted by Crippen LogP contribution is -2.26. The topological polar surface area (TPSA) is 3.24 Å². The molecule has 1 aromatic rings. The molecule has 1 aliphatic heterocycles. The largest absolute Gasteiger partial charge is 0.302 e. The van der Waals surface area contributed by atoms with Gasteiger partial charge in [0.25, 0.3) is 0 Å². The van der Waals surface area contributed by atoms with Crippen LogP contribution in [-0.4, -0.2) is 18.5 Å². The molecule has 1 heterocycles. The molecule has 2 heteroatoms. The Hall–Kier alpha value is -0.530. The number of rotatable bonds is 1. The fourth-order valence-electron chi connectivity index (χ4n) is 2.14. The molecule has 0 fully saturated rings. The molecule has 0 saturated heterocycles. The average Bonchev–Trinajstić information content (AvgIpc) is 2.30. The van der Waals surface area contributed by atoms with Gasteiger partial charge in [-0.2, -0.15) is 0 Å². The van der Waals surface area contributed by atoms with E-state index in [9.17, 15) is 0 Å². The molecule has 0 aromatic heterocycles. The Labute approximate surface area is 111 Å². The maximum atomic E-state index is 6.32.